The molecule has 2 rings (SSSR count). The quantitative estimate of drug-likeness (QED) is 0.722. The van der Waals surface area contributed by atoms with Gasteiger partial charge in [-0.2, -0.15) is 0 Å². The zero-order chi connectivity index (χ0) is 12.4. The standard InChI is InChI=1S/C14H21NOS/c1-4-7-15(12-5-6-12)9-14(16)13-8-10(2)17-11(13)3/h8,12H,4-7,9H2,1-3H3. The molecule has 0 atom stereocenters. The van der Waals surface area contributed by atoms with Crippen LogP contribution in [0.25, 0.3) is 0 Å². The molecule has 1 aliphatic carbocycles. The van der Waals surface area contributed by atoms with Gasteiger partial charge >= 0.3 is 0 Å². The molecule has 94 valence electrons. The monoisotopic (exact) mass is 251 g/mol. The molecule has 0 aliphatic heterocycles. The maximum absolute atomic E-state index is 12.3. The van der Waals surface area contributed by atoms with Crippen molar-refractivity contribution in [3.05, 3.63) is 21.4 Å². The second-order valence-electron chi connectivity index (χ2n) is 4.95. The van der Waals surface area contributed by atoms with Crippen LogP contribution in [0.4, 0.5) is 0 Å². The van der Waals surface area contributed by atoms with Gasteiger partial charge in [0.25, 0.3) is 0 Å². The van der Waals surface area contributed by atoms with E-state index in [0.717, 1.165) is 18.5 Å². The predicted molar refractivity (Wildman–Crippen MR) is 73.0 cm³/mol. The molecule has 2 nitrogen and oxygen atoms in total. The second kappa shape index (κ2) is 5.32. The van der Waals surface area contributed by atoms with Crippen LogP contribution in [0.5, 0.6) is 0 Å². The Labute approximate surface area is 108 Å². The molecule has 0 aromatic carbocycles. The van der Waals surface area contributed by atoms with Crippen molar-refractivity contribution in [3.63, 3.8) is 0 Å². The number of hydrogen-bond donors (Lipinski definition) is 0. The van der Waals surface area contributed by atoms with Crippen LogP contribution >= 0.6 is 11.3 Å². The minimum absolute atomic E-state index is 0.298. The number of hydrogen-bond acceptors (Lipinski definition) is 3. The molecular weight excluding hydrogens is 230 g/mol. The van der Waals surface area contributed by atoms with Crippen molar-refractivity contribution in [2.24, 2.45) is 0 Å². The predicted octanol–water partition coefficient (Wildman–Crippen LogP) is 3.42. The highest BCUT2D eigenvalue weighted by molar-refractivity contribution is 7.12. The van der Waals surface area contributed by atoms with Gasteiger partial charge in [0.05, 0.1) is 6.54 Å². The third-order valence-corrected chi connectivity index (χ3v) is 4.23. The SMILES string of the molecule is CCCN(CC(=O)c1cc(C)sc1C)C1CC1. The molecule has 1 saturated carbocycles. The Kier molecular flexibility index (Phi) is 4.00. The molecular formula is C14H21NOS. The summed E-state index contributed by atoms with van der Waals surface area (Å²) in [5, 5.41) is 0. The maximum atomic E-state index is 12.3. The van der Waals surface area contributed by atoms with Gasteiger partial charge in [-0.25, -0.2) is 0 Å². The average Bonchev–Trinajstić information content (AvgIpc) is 3.04. The van der Waals surface area contributed by atoms with Crippen LogP contribution in [0.1, 0.15) is 46.3 Å². The third kappa shape index (κ3) is 3.17. The van der Waals surface area contributed by atoms with Crippen LogP contribution < -0.4 is 0 Å². The maximum Gasteiger partial charge on any atom is 0.177 e. The molecule has 0 N–H and O–H groups in total. The van der Waals surface area contributed by atoms with Crippen LogP contribution in [0.15, 0.2) is 6.07 Å². The number of ketones is 1. The van der Waals surface area contributed by atoms with Crippen molar-refractivity contribution < 1.29 is 4.79 Å². The van der Waals surface area contributed by atoms with E-state index in [1.54, 1.807) is 11.3 Å². The highest BCUT2D eigenvalue weighted by atomic mass is 32.1. The van der Waals surface area contributed by atoms with Gasteiger partial charge in [0.15, 0.2) is 5.78 Å². The summed E-state index contributed by atoms with van der Waals surface area (Å²) in [4.78, 5) is 17.0. The number of Topliss-reactive ketones (excluding diaryl/α,β-unsaturated/α-hetero) is 1. The van der Waals surface area contributed by atoms with Crippen LogP contribution in [0.2, 0.25) is 0 Å². The Morgan fingerprint density at radius 2 is 2.18 bits per heavy atom. The highest BCUT2D eigenvalue weighted by Gasteiger charge is 2.30. The summed E-state index contributed by atoms with van der Waals surface area (Å²) in [6.45, 7) is 7.96. The fourth-order valence-electron chi connectivity index (χ4n) is 2.29. The molecule has 0 bridgehead atoms. The molecule has 0 spiro atoms. The first-order valence-corrected chi connectivity index (χ1v) is 7.27. The second-order valence-corrected chi connectivity index (χ2v) is 6.41. The first-order valence-electron chi connectivity index (χ1n) is 6.46. The molecule has 1 fully saturated rings. The molecule has 1 aliphatic rings. The van der Waals surface area contributed by atoms with E-state index in [-0.39, 0.29) is 0 Å². The minimum atomic E-state index is 0.298. The fraction of sp³-hybridized carbons (Fsp3) is 0.643. The van der Waals surface area contributed by atoms with Crippen LogP contribution in [-0.2, 0) is 0 Å². The van der Waals surface area contributed by atoms with E-state index >= 15 is 0 Å². The Morgan fingerprint density at radius 3 is 2.65 bits per heavy atom. The number of carbonyl (C=O) groups is 1. The number of thiophene rings is 1. The molecule has 1 aromatic heterocycles. The van der Waals surface area contributed by atoms with Gasteiger partial charge in [-0.3, -0.25) is 9.69 Å². The molecule has 0 amide bonds. The Morgan fingerprint density at radius 1 is 1.47 bits per heavy atom. The van der Waals surface area contributed by atoms with Crippen molar-refractivity contribution in [1.82, 2.24) is 4.90 Å². The van der Waals surface area contributed by atoms with Crippen molar-refractivity contribution in [2.75, 3.05) is 13.1 Å². The minimum Gasteiger partial charge on any atom is -0.293 e. The van der Waals surface area contributed by atoms with E-state index in [4.69, 9.17) is 0 Å². The van der Waals surface area contributed by atoms with Crippen molar-refractivity contribution in [1.29, 1.82) is 0 Å². The van der Waals surface area contributed by atoms with Gasteiger partial charge in [-0.15, -0.1) is 11.3 Å². The van der Waals surface area contributed by atoms with Gasteiger partial charge in [0, 0.05) is 21.4 Å². The van der Waals surface area contributed by atoms with Gasteiger partial charge in [-0.1, -0.05) is 6.92 Å². The lowest BCUT2D eigenvalue weighted by molar-refractivity contribution is 0.0924. The number of rotatable bonds is 6. The lowest BCUT2D eigenvalue weighted by atomic mass is 10.1. The van der Waals surface area contributed by atoms with E-state index in [0.29, 0.717) is 18.4 Å². The van der Waals surface area contributed by atoms with E-state index in [9.17, 15) is 4.79 Å². The number of carbonyl (C=O) groups excluding carboxylic acids is 1. The Balaban J connectivity index is 2.02. The van der Waals surface area contributed by atoms with Crippen molar-refractivity contribution in [2.45, 2.75) is 46.1 Å². The van der Waals surface area contributed by atoms with Gasteiger partial charge < -0.3 is 0 Å². The highest BCUT2D eigenvalue weighted by Crippen LogP contribution is 2.28. The molecule has 0 saturated heterocycles. The van der Waals surface area contributed by atoms with Crippen LogP contribution in [0.3, 0.4) is 0 Å². The summed E-state index contributed by atoms with van der Waals surface area (Å²) in [6.07, 6.45) is 3.68. The molecule has 3 heteroatoms. The van der Waals surface area contributed by atoms with Gasteiger partial charge in [-0.05, 0) is 45.7 Å². The average molecular weight is 251 g/mol. The first kappa shape index (κ1) is 12.8. The topological polar surface area (TPSA) is 20.3 Å². The summed E-state index contributed by atoms with van der Waals surface area (Å²) in [6, 6.07) is 2.72. The summed E-state index contributed by atoms with van der Waals surface area (Å²) in [5.74, 6) is 0.298. The van der Waals surface area contributed by atoms with E-state index < -0.39 is 0 Å². The lowest BCUT2D eigenvalue weighted by Gasteiger charge is -2.20. The van der Waals surface area contributed by atoms with Crippen LogP contribution in [-0.4, -0.2) is 29.8 Å². The smallest absolute Gasteiger partial charge is 0.177 e. The van der Waals surface area contributed by atoms with E-state index in [1.807, 2.05) is 13.0 Å². The van der Waals surface area contributed by atoms with Crippen molar-refractivity contribution in [3.8, 4) is 0 Å². The Hall–Kier alpha value is -0.670. The molecule has 1 aromatic rings. The number of aryl methyl sites for hydroxylation is 2. The largest absolute Gasteiger partial charge is 0.293 e. The summed E-state index contributed by atoms with van der Waals surface area (Å²) in [5.41, 5.74) is 0.939. The lowest BCUT2D eigenvalue weighted by Crippen LogP contribution is -2.32. The van der Waals surface area contributed by atoms with Crippen LogP contribution in [0, 0.1) is 13.8 Å². The zero-order valence-corrected chi connectivity index (χ0v) is 11.8. The van der Waals surface area contributed by atoms with Gasteiger partial charge in [0.1, 0.15) is 0 Å². The first-order chi connectivity index (χ1) is 8.11. The molecule has 0 unspecified atom stereocenters. The zero-order valence-electron chi connectivity index (χ0n) is 11.0. The molecule has 0 radical (unpaired) electrons. The van der Waals surface area contributed by atoms with E-state index in [2.05, 4.69) is 18.7 Å². The third-order valence-electron chi connectivity index (χ3n) is 3.26. The summed E-state index contributed by atoms with van der Waals surface area (Å²) in [7, 11) is 0. The summed E-state index contributed by atoms with van der Waals surface area (Å²) >= 11 is 1.72. The normalized spacial score (nSPS) is 15.5. The fourth-order valence-corrected chi connectivity index (χ4v) is 3.24. The van der Waals surface area contributed by atoms with Gasteiger partial charge in [0.2, 0.25) is 0 Å². The summed E-state index contributed by atoms with van der Waals surface area (Å²) < 4.78 is 0. The molecule has 1 heterocycles. The number of nitrogens with zero attached hydrogens (tertiary/aromatic N) is 1. The van der Waals surface area contributed by atoms with Crippen molar-refractivity contribution >= 4 is 17.1 Å². The molecule has 17 heavy (non-hydrogen) atoms. The van der Waals surface area contributed by atoms with E-state index in [1.165, 1.54) is 22.6 Å². The Bertz CT molecular complexity index is 406.